The number of methoxy groups -OCH3 is 1. The molecule has 4 rings (SSSR count). The Balaban J connectivity index is 1.79. The van der Waals surface area contributed by atoms with Crippen LogP contribution in [-0.2, 0) is 22.6 Å². The first kappa shape index (κ1) is 20.5. The molecule has 158 valence electrons. The molecule has 5 heteroatoms. The fourth-order valence-corrected chi connectivity index (χ4v) is 3.55. The largest absolute Gasteiger partial charge is 0.493 e. The molecule has 0 amide bonds. The van der Waals surface area contributed by atoms with E-state index in [1.807, 2.05) is 66.7 Å². The molecule has 0 aliphatic carbocycles. The molecule has 3 aromatic carbocycles. The molecule has 0 atom stereocenters. The average molecular weight is 416 g/mol. The standard InChI is InChI=1S/C26H24O5/c1-3-29-25(27)16-24-26(19-12-8-5-9-13-19)20-14-23(22(28-2)15-21(20)31-24)30-17-18-10-6-4-7-11-18/h4-15H,3,16-17H2,1-2H3. The van der Waals surface area contributed by atoms with Crippen LogP contribution in [0.25, 0.3) is 22.1 Å². The normalized spacial score (nSPS) is 10.8. The molecule has 0 aliphatic rings. The Labute approximate surface area is 181 Å². The second-order valence-corrected chi connectivity index (χ2v) is 7.02. The number of fused-ring (bicyclic) bond motifs is 1. The Hall–Kier alpha value is -3.73. The summed E-state index contributed by atoms with van der Waals surface area (Å²) in [5.74, 6) is 1.41. The molecule has 0 N–H and O–H groups in total. The van der Waals surface area contributed by atoms with Crippen LogP contribution in [0, 0.1) is 0 Å². The molecule has 0 saturated heterocycles. The molecule has 1 aromatic heterocycles. The van der Waals surface area contributed by atoms with Crippen molar-refractivity contribution in [2.24, 2.45) is 0 Å². The molecule has 0 radical (unpaired) electrons. The smallest absolute Gasteiger partial charge is 0.313 e. The Morgan fingerprint density at radius 2 is 1.65 bits per heavy atom. The molecule has 5 nitrogen and oxygen atoms in total. The molecular formula is C26H24O5. The van der Waals surface area contributed by atoms with Crippen molar-refractivity contribution in [2.45, 2.75) is 20.0 Å². The third-order valence-corrected chi connectivity index (χ3v) is 4.96. The number of hydrogen-bond donors (Lipinski definition) is 0. The summed E-state index contributed by atoms with van der Waals surface area (Å²) in [5.41, 5.74) is 3.50. The molecule has 0 aliphatic heterocycles. The predicted molar refractivity (Wildman–Crippen MR) is 119 cm³/mol. The lowest BCUT2D eigenvalue weighted by Crippen LogP contribution is -2.07. The van der Waals surface area contributed by atoms with Crippen molar-refractivity contribution in [2.75, 3.05) is 13.7 Å². The number of esters is 1. The number of rotatable bonds is 8. The number of furan rings is 1. The summed E-state index contributed by atoms with van der Waals surface area (Å²) < 4.78 is 22.9. The second-order valence-electron chi connectivity index (χ2n) is 7.02. The van der Waals surface area contributed by atoms with Crippen LogP contribution >= 0.6 is 0 Å². The van der Waals surface area contributed by atoms with Crippen LogP contribution in [0.3, 0.4) is 0 Å². The van der Waals surface area contributed by atoms with E-state index in [9.17, 15) is 4.79 Å². The second kappa shape index (κ2) is 9.39. The Kier molecular flexibility index (Phi) is 6.22. The lowest BCUT2D eigenvalue weighted by atomic mass is 10.0. The van der Waals surface area contributed by atoms with Crippen LogP contribution in [-0.4, -0.2) is 19.7 Å². The zero-order chi connectivity index (χ0) is 21.6. The number of carbonyl (C=O) groups excluding carboxylic acids is 1. The van der Waals surface area contributed by atoms with Gasteiger partial charge < -0.3 is 18.6 Å². The fraction of sp³-hybridized carbons (Fsp3) is 0.192. The van der Waals surface area contributed by atoms with Crippen LogP contribution in [0.4, 0.5) is 0 Å². The van der Waals surface area contributed by atoms with E-state index in [1.165, 1.54) is 0 Å². The summed E-state index contributed by atoms with van der Waals surface area (Å²) in [7, 11) is 1.59. The molecule has 0 unspecified atom stereocenters. The van der Waals surface area contributed by atoms with Crippen molar-refractivity contribution in [3.05, 3.63) is 84.1 Å². The fourth-order valence-electron chi connectivity index (χ4n) is 3.55. The Morgan fingerprint density at radius 3 is 2.32 bits per heavy atom. The van der Waals surface area contributed by atoms with E-state index in [-0.39, 0.29) is 12.4 Å². The molecule has 0 spiro atoms. The van der Waals surface area contributed by atoms with E-state index in [0.29, 0.717) is 36.1 Å². The molecule has 0 bridgehead atoms. The zero-order valence-electron chi connectivity index (χ0n) is 17.6. The minimum atomic E-state index is -0.328. The highest BCUT2D eigenvalue weighted by Crippen LogP contribution is 2.41. The monoisotopic (exact) mass is 416 g/mol. The molecular weight excluding hydrogens is 392 g/mol. The van der Waals surface area contributed by atoms with E-state index in [1.54, 1.807) is 20.1 Å². The average Bonchev–Trinajstić information content (AvgIpc) is 3.14. The van der Waals surface area contributed by atoms with E-state index >= 15 is 0 Å². The van der Waals surface area contributed by atoms with Crippen molar-refractivity contribution in [3.8, 4) is 22.6 Å². The van der Waals surface area contributed by atoms with Gasteiger partial charge in [-0.2, -0.15) is 0 Å². The van der Waals surface area contributed by atoms with Crippen LogP contribution in [0.5, 0.6) is 11.5 Å². The Morgan fingerprint density at radius 1 is 0.935 bits per heavy atom. The van der Waals surface area contributed by atoms with E-state index in [2.05, 4.69) is 0 Å². The van der Waals surface area contributed by atoms with Crippen molar-refractivity contribution >= 4 is 16.9 Å². The highest BCUT2D eigenvalue weighted by Gasteiger charge is 2.21. The molecule has 0 fully saturated rings. The maximum Gasteiger partial charge on any atom is 0.313 e. The molecule has 4 aromatic rings. The van der Waals surface area contributed by atoms with Crippen LogP contribution < -0.4 is 9.47 Å². The highest BCUT2D eigenvalue weighted by atomic mass is 16.5. The van der Waals surface area contributed by atoms with Crippen LogP contribution in [0.15, 0.2) is 77.2 Å². The minimum absolute atomic E-state index is 0.0509. The quantitative estimate of drug-likeness (QED) is 0.340. The summed E-state index contributed by atoms with van der Waals surface area (Å²) >= 11 is 0. The van der Waals surface area contributed by atoms with Gasteiger partial charge in [-0.1, -0.05) is 60.7 Å². The third-order valence-electron chi connectivity index (χ3n) is 4.96. The van der Waals surface area contributed by atoms with Gasteiger partial charge in [0.1, 0.15) is 24.4 Å². The first-order valence-corrected chi connectivity index (χ1v) is 10.2. The lowest BCUT2D eigenvalue weighted by Gasteiger charge is -2.11. The third kappa shape index (κ3) is 4.56. The van der Waals surface area contributed by atoms with Gasteiger partial charge in [0.15, 0.2) is 11.5 Å². The van der Waals surface area contributed by atoms with Crippen molar-refractivity contribution < 1.29 is 23.4 Å². The van der Waals surface area contributed by atoms with Gasteiger partial charge in [0.2, 0.25) is 0 Å². The first-order chi connectivity index (χ1) is 15.2. The maximum absolute atomic E-state index is 12.2. The summed E-state index contributed by atoms with van der Waals surface area (Å²) in [6.07, 6.45) is 0.0509. The maximum atomic E-state index is 12.2. The number of ether oxygens (including phenoxy) is 3. The van der Waals surface area contributed by atoms with Crippen molar-refractivity contribution in [3.63, 3.8) is 0 Å². The molecule has 31 heavy (non-hydrogen) atoms. The number of hydrogen-bond acceptors (Lipinski definition) is 5. The Bertz CT molecular complexity index is 1160. The highest BCUT2D eigenvalue weighted by molar-refractivity contribution is 5.98. The summed E-state index contributed by atoms with van der Waals surface area (Å²) in [6.45, 7) is 2.53. The summed E-state index contributed by atoms with van der Waals surface area (Å²) in [6, 6.07) is 23.5. The molecule has 1 heterocycles. The van der Waals surface area contributed by atoms with E-state index in [0.717, 1.165) is 22.1 Å². The topological polar surface area (TPSA) is 57.9 Å². The van der Waals surface area contributed by atoms with Crippen molar-refractivity contribution in [1.82, 2.24) is 0 Å². The number of benzene rings is 3. The summed E-state index contributed by atoms with van der Waals surface area (Å²) in [4.78, 5) is 12.2. The van der Waals surface area contributed by atoms with Gasteiger partial charge in [-0.15, -0.1) is 0 Å². The van der Waals surface area contributed by atoms with Gasteiger partial charge in [-0.3, -0.25) is 4.79 Å². The SMILES string of the molecule is CCOC(=O)Cc1oc2cc(OC)c(OCc3ccccc3)cc2c1-c1ccccc1. The van der Waals surface area contributed by atoms with Gasteiger partial charge in [-0.25, -0.2) is 0 Å². The predicted octanol–water partition coefficient (Wildman–Crippen LogP) is 5.79. The van der Waals surface area contributed by atoms with Gasteiger partial charge in [-0.05, 0) is 24.1 Å². The van der Waals surface area contributed by atoms with Gasteiger partial charge >= 0.3 is 5.97 Å². The number of carbonyl (C=O) groups is 1. The lowest BCUT2D eigenvalue weighted by molar-refractivity contribution is -0.142. The van der Waals surface area contributed by atoms with E-state index in [4.69, 9.17) is 18.6 Å². The van der Waals surface area contributed by atoms with Crippen LogP contribution in [0.2, 0.25) is 0 Å². The first-order valence-electron chi connectivity index (χ1n) is 10.2. The van der Waals surface area contributed by atoms with Crippen LogP contribution in [0.1, 0.15) is 18.2 Å². The van der Waals surface area contributed by atoms with Gasteiger partial charge in [0.05, 0.1) is 13.7 Å². The minimum Gasteiger partial charge on any atom is -0.493 e. The zero-order valence-corrected chi connectivity index (χ0v) is 17.6. The summed E-state index contributed by atoms with van der Waals surface area (Å²) in [5, 5.41) is 0.856. The van der Waals surface area contributed by atoms with E-state index < -0.39 is 0 Å². The van der Waals surface area contributed by atoms with Gasteiger partial charge in [0.25, 0.3) is 0 Å². The van der Waals surface area contributed by atoms with Crippen molar-refractivity contribution in [1.29, 1.82) is 0 Å². The molecule has 0 saturated carbocycles. The van der Waals surface area contributed by atoms with Gasteiger partial charge in [0, 0.05) is 17.0 Å².